The molecule has 0 spiro atoms. The Morgan fingerprint density at radius 2 is 1.70 bits per heavy atom. The van der Waals surface area contributed by atoms with Crippen molar-refractivity contribution in [3.8, 4) is 28.7 Å². The second kappa shape index (κ2) is 14.5. The van der Waals surface area contributed by atoms with E-state index in [9.17, 15) is 9.59 Å². The maximum atomic E-state index is 15.1. The van der Waals surface area contributed by atoms with Crippen LogP contribution < -0.4 is 34.9 Å². The van der Waals surface area contributed by atoms with Crippen LogP contribution in [-0.2, 0) is 16.0 Å². The van der Waals surface area contributed by atoms with Gasteiger partial charge in [0, 0.05) is 29.9 Å². The lowest BCUT2D eigenvalue weighted by atomic mass is 9.99. The highest BCUT2D eigenvalue weighted by Crippen LogP contribution is 2.40. The smallest absolute Gasteiger partial charge is 0.313 e. The van der Waals surface area contributed by atoms with Crippen molar-refractivity contribution in [1.82, 2.24) is 15.6 Å². The zero-order valence-corrected chi connectivity index (χ0v) is 24.7. The summed E-state index contributed by atoms with van der Waals surface area (Å²) in [7, 11) is 3.14. The Labute approximate surface area is 254 Å². The standard InChI is InChI=1S/C33H35FN4O6/c1-41-24-6-3-21(4-7-24)13-17-37-32(39)33(40)38-23-5-9-28(26(34)19-23)44-27-14-18-36-30-25(27)8-10-29(31(30)42-2)43-20-22-11-15-35-16-12-22/h3-10,14,18-19,22,35H,11-13,15-17,20H2,1-2H3,(H,37,39)(H,38,40). The topological polar surface area (TPSA) is 120 Å². The first-order valence-corrected chi connectivity index (χ1v) is 14.4. The third-order valence-corrected chi connectivity index (χ3v) is 7.40. The molecule has 1 aromatic heterocycles. The first-order chi connectivity index (χ1) is 21.4. The Balaban J connectivity index is 1.20. The fraction of sp³-hybridized carbons (Fsp3) is 0.303. The molecule has 5 rings (SSSR count). The van der Waals surface area contributed by atoms with Gasteiger partial charge in [-0.3, -0.25) is 14.6 Å². The normalized spacial score (nSPS) is 13.2. The monoisotopic (exact) mass is 602 g/mol. The summed E-state index contributed by atoms with van der Waals surface area (Å²) >= 11 is 0. The van der Waals surface area contributed by atoms with E-state index >= 15 is 4.39 Å². The van der Waals surface area contributed by atoms with Crippen LogP contribution in [0.25, 0.3) is 10.9 Å². The van der Waals surface area contributed by atoms with Gasteiger partial charge in [0.2, 0.25) is 0 Å². The third-order valence-electron chi connectivity index (χ3n) is 7.40. The molecule has 1 aliphatic heterocycles. The van der Waals surface area contributed by atoms with Crippen LogP contribution >= 0.6 is 0 Å². The molecule has 11 heteroatoms. The number of carbonyl (C=O) groups is 2. The highest BCUT2D eigenvalue weighted by molar-refractivity contribution is 6.39. The van der Waals surface area contributed by atoms with Gasteiger partial charge < -0.3 is 34.9 Å². The van der Waals surface area contributed by atoms with Crippen LogP contribution in [0, 0.1) is 11.7 Å². The number of carbonyl (C=O) groups excluding carboxylic acids is 2. The molecule has 4 aromatic rings. The average molecular weight is 603 g/mol. The van der Waals surface area contributed by atoms with Gasteiger partial charge in [-0.15, -0.1) is 0 Å². The molecule has 2 heterocycles. The van der Waals surface area contributed by atoms with Gasteiger partial charge in [-0.2, -0.15) is 0 Å². The van der Waals surface area contributed by atoms with Crippen molar-refractivity contribution >= 4 is 28.4 Å². The van der Waals surface area contributed by atoms with Gasteiger partial charge in [-0.1, -0.05) is 12.1 Å². The van der Waals surface area contributed by atoms with E-state index in [1.54, 1.807) is 38.6 Å². The molecule has 0 unspecified atom stereocenters. The number of rotatable bonds is 11. The number of methoxy groups -OCH3 is 2. The summed E-state index contributed by atoms with van der Waals surface area (Å²) in [5, 5.41) is 8.95. The van der Waals surface area contributed by atoms with Gasteiger partial charge >= 0.3 is 11.8 Å². The summed E-state index contributed by atoms with van der Waals surface area (Å²) in [6.07, 6.45) is 4.19. The van der Waals surface area contributed by atoms with Crippen LogP contribution in [0.5, 0.6) is 28.7 Å². The van der Waals surface area contributed by atoms with Crippen molar-refractivity contribution in [3.63, 3.8) is 0 Å². The zero-order chi connectivity index (χ0) is 30.9. The number of hydrogen-bond donors (Lipinski definition) is 3. The predicted octanol–water partition coefficient (Wildman–Crippen LogP) is 4.86. The first kappa shape index (κ1) is 30.6. The van der Waals surface area contributed by atoms with E-state index in [0.717, 1.165) is 43.3 Å². The van der Waals surface area contributed by atoms with Crippen molar-refractivity contribution in [2.45, 2.75) is 19.3 Å². The Bertz CT molecular complexity index is 1610. The fourth-order valence-corrected chi connectivity index (χ4v) is 4.97. The van der Waals surface area contributed by atoms with Crippen LogP contribution in [0.1, 0.15) is 18.4 Å². The van der Waals surface area contributed by atoms with Gasteiger partial charge in [0.15, 0.2) is 23.1 Å². The van der Waals surface area contributed by atoms with Crippen LogP contribution in [-0.4, -0.2) is 57.3 Å². The van der Waals surface area contributed by atoms with Crippen LogP contribution in [0.15, 0.2) is 66.9 Å². The summed E-state index contributed by atoms with van der Waals surface area (Å²) in [5.41, 5.74) is 1.61. The molecule has 1 fully saturated rings. The molecule has 1 aliphatic rings. The Kier molecular flexibility index (Phi) is 10.1. The number of benzene rings is 3. The summed E-state index contributed by atoms with van der Waals surface area (Å²) in [6, 6.07) is 16.6. The molecule has 0 bridgehead atoms. The van der Waals surface area contributed by atoms with Crippen molar-refractivity contribution in [3.05, 3.63) is 78.2 Å². The summed E-state index contributed by atoms with van der Waals surface area (Å²) in [6.45, 7) is 2.81. The Hall–Kier alpha value is -4.90. The Morgan fingerprint density at radius 1 is 0.932 bits per heavy atom. The van der Waals surface area contributed by atoms with Crippen molar-refractivity contribution in [1.29, 1.82) is 0 Å². The van der Waals surface area contributed by atoms with Crippen LogP contribution in [0.4, 0.5) is 10.1 Å². The minimum Gasteiger partial charge on any atom is -0.497 e. The minimum atomic E-state index is -0.904. The largest absolute Gasteiger partial charge is 0.497 e. The van der Waals surface area contributed by atoms with E-state index in [0.29, 0.717) is 47.1 Å². The van der Waals surface area contributed by atoms with Gasteiger partial charge in [-0.25, -0.2) is 4.39 Å². The molecule has 1 saturated heterocycles. The molecule has 44 heavy (non-hydrogen) atoms. The van der Waals surface area contributed by atoms with Crippen LogP contribution in [0.3, 0.4) is 0 Å². The number of halogens is 1. The fourth-order valence-electron chi connectivity index (χ4n) is 4.97. The number of aromatic nitrogens is 1. The highest BCUT2D eigenvalue weighted by atomic mass is 19.1. The van der Waals surface area contributed by atoms with E-state index in [1.807, 2.05) is 24.3 Å². The second-order valence-corrected chi connectivity index (χ2v) is 10.4. The lowest BCUT2D eigenvalue weighted by molar-refractivity contribution is -0.136. The van der Waals surface area contributed by atoms with Crippen molar-refractivity contribution in [2.24, 2.45) is 5.92 Å². The Morgan fingerprint density at radius 3 is 2.43 bits per heavy atom. The molecule has 2 amide bonds. The molecule has 0 saturated carbocycles. The van der Waals surface area contributed by atoms with E-state index < -0.39 is 17.6 Å². The van der Waals surface area contributed by atoms with E-state index in [4.69, 9.17) is 18.9 Å². The summed E-state index contributed by atoms with van der Waals surface area (Å²) < 4.78 is 37.9. The van der Waals surface area contributed by atoms with Crippen molar-refractivity contribution < 1.29 is 32.9 Å². The number of anilines is 1. The number of fused-ring (bicyclic) bond motifs is 1. The molecule has 0 radical (unpaired) electrons. The SMILES string of the molecule is COc1ccc(CCNC(=O)C(=O)Nc2ccc(Oc3ccnc4c(OC)c(OCC5CCNCC5)ccc34)c(F)c2)cc1. The molecule has 0 aliphatic carbocycles. The molecule has 3 N–H and O–H groups in total. The summed E-state index contributed by atoms with van der Waals surface area (Å²) in [5.74, 6) is 0.110. The number of ether oxygens (including phenoxy) is 4. The minimum absolute atomic E-state index is 0.0651. The van der Waals surface area contributed by atoms with Gasteiger partial charge in [0.1, 0.15) is 17.0 Å². The molecular formula is C33H35FN4O6. The molecule has 3 aromatic carbocycles. The quantitative estimate of drug-likeness (QED) is 0.208. The maximum Gasteiger partial charge on any atom is 0.313 e. The molecular weight excluding hydrogens is 567 g/mol. The van der Waals surface area contributed by atoms with E-state index in [1.165, 1.54) is 12.1 Å². The number of piperidine rings is 1. The molecule has 230 valence electrons. The predicted molar refractivity (Wildman–Crippen MR) is 164 cm³/mol. The number of pyridine rings is 1. The third kappa shape index (κ3) is 7.54. The molecule has 10 nitrogen and oxygen atoms in total. The first-order valence-electron chi connectivity index (χ1n) is 14.4. The summed E-state index contributed by atoms with van der Waals surface area (Å²) in [4.78, 5) is 29.1. The number of amides is 2. The lowest BCUT2D eigenvalue weighted by Gasteiger charge is -2.23. The van der Waals surface area contributed by atoms with Crippen LogP contribution in [0.2, 0.25) is 0 Å². The average Bonchev–Trinajstić information content (AvgIpc) is 3.05. The van der Waals surface area contributed by atoms with Gasteiger partial charge in [-0.05, 0) is 86.3 Å². The number of nitrogens with zero attached hydrogens (tertiary/aromatic N) is 1. The van der Waals surface area contributed by atoms with Gasteiger partial charge in [0.25, 0.3) is 0 Å². The second-order valence-electron chi connectivity index (χ2n) is 10.4. The zero-order valence-electron chi connectivity index (χ0n) is 24.7. The van der Waals surface area contributed by atoms with Crippen molar-refractivity contribution in [2.75, 3.05) is 45.8 Å². The lowest BCUT2D eigenvalue weighted by Crippen LogP contribution is -2.36. The van der Waals surface area contributed by atoms with E-state index in [2.05, 4.69) is 20.9 Å². The maximum absolute atomic E-state index is 15.1. The van der Waals surface area contributed by atoms with Gasteiger partial charge in [0.05, 0.1) is 20.8 Å². The number of nitrogens with one attached hydrogen (secondary N) is 3. The highest BCUT2D eigenvalue weighted by Gasteiger charge is 2.19. The molecule has 0 atom stereocenters. The number of hydrogen-bond acceptors (Lipinski definition) is 8. The van der Waals surface area contributed by atoms with E-state index in [-0.39, 0.29) is 18.0 Å².